The Balaban J connectivity index is 2.43. The lowest BCUT2D eigenvalue weighted by atomic mass is 10.4. The second-order valence-corrected chi connectivity index (χ2v) is 2.19. The summed E-state index contributed by atoms with van der Waals surface area (Å²) in [7, 11) is 0. The van der Waals surface area contributed by atoms with Crippen LogP contribution in [0.15, 0.2) is 18.3 Å². The van der Waals surface area contributed by atoms with Crippen molar-refractivity contribution in [2.24, 2.45) is 0 Å². The van der Waals surface area contributed by atoms with Gasteiger partial charge in [0, 0.05) is 6.20 Å². The monoisotopic (exact) mass is 162 g/mol. The average Bonchev–Trinajstić information content (AvgIpc) is 2.56. The summed E-state index contributed by atoms with van der Waals surface area (Å²) < 4.78 is 0. The number of aromatic amines is 1. The smallest absolute Gasteiger partial charge is 0.268 e. The maximum atomic E-state index is 11.2. The van der Waals surface area contributed by atoms with Gasteiger partial charge in [0.1, 0.15) is 5.69 Å². The van der Waals surface area contributed by atoms with Gasteiger partial charge >= 0.3 is 0 Å². The van der Waals surface area contributed by atoms with Gasteiger partial charge in [0.25, 0.3) is 5.91 Å². The molecule has 1 amide bonds. The summed E-state index contributed by atoms with van der Waals surface area (Å²) >= 11 is 0. The molecule has 3 heteroatoms. The van der Waals surface area contributed by atoms with Gasteiger partial charge in [-0.3, -0.25) is 4.79 Å². The molecule has 12 heavy (non-hydrogen) atoms. The normalized spacial score (nSPS) is 8.42. The van der Waals surface area contributed by atoms with Crippen LogP contribution in [0.4, 0.5) is 0 Å². The average molecular weight is 162 g/mol. The summed E-state index contributed by atoms with van der Waals surface area (Å²) in [6.45, 7) is 2.13. The van der Waals surface area contributed by atoms with Gasteiger partial charge in [0.05, 0.1) is 6.54 Å². The van der Waals surface area contributed by atoms with Crippen LogP contribution in [0.3, 0.4) is 0 Å². The number of amides is 1. The van der Waals surface area contributed by atoms with E-state index in [2.05, 4.69) is 22.1 Å². The number of carbonyl (C=O) groups is 1. The minimum absolute atomic E-state index is 0.122. The van der Waals surface area contributed by atoms with Crippen LogP contribution in [-0.4, -0.2) is 17.4 Å². The molecule has 0 saturated heterocycles. The molecule has 1 rings (SSSR count). The predicted molar refractivity (Wildman–Crippen MR) is 46.6 cm³/mol. The van der Waals surface area contributed by atoms with Crippen molar-refractivity contribution < 1.29 is 4.79 Å². The molecule has 0 fully saturated rings. The Bertz CT molecular complexity index is 303. The second kappa shape index (κ2) is 4.24. The van der Waals surface area contributed by atoms with E-state index in [4.69, 9.17) is 0 Å². The third-order valence-corrected chi connectivity index (χ3v) is 1.36. The second-order valence-electron chi connectivity index (χ2n) is 2.19. The van der Waals surface area contributed by atoms with Crippen molar-refractivity contribution in [3.63, 3.8) is 0 Å². The number of H-pyrrole nitrogens is 1. The van der Waals surface area contributed by atoms with Crippen molar-refractivity contribution in [2.45, 2.75) is 6.92 Å². The zero-order valence-electron chi connectivity index (χ0n) is 6.85. The molecule has 0 unspecified atom stereocenters. The topological polar surface area (TPSA) is 44.9 Å². The first-order valence-electron chi connectivity index (χ1n) is 3.66. The molecule has 0 aromatic carbocycles. The van der Waals surface area contributed by atoms with Crippen molar-refractivity contribution >= 4 is 5.91 Å². The summed E-state index contributed by atoms with van der Waals surface area (Å²) in [6, 6.07) is 3.50. The van der Waals surface area contributed by atoms with Crippen molar-refractivity contribution in [3.8, 4) is 11.8 Å². The Hall–Kier alpha value is -1.69. The Morgan fingerprint density at radius 1 is 1.75 bits per heavy atom. The number of rotatable bonds is 2. The third-order valence-electron chi connectivity index (χ3n) is 1.36. The first-order valence-corrected chi connectivity index (χ1v) is 3.66. The first-order chi connectivity index (χ1) is 5.84. The maximum Gasteiger partial charge on any atom is 0.268 e. The highest BCUT2D eigenvalue weighted by Gasteiger charge is 2.02. The highest BCUT2D eigenvalue weighted by Crippen LogP contribution is 1.92. The van der Waals surface area contributed by atoms with E-state index in [9.17, 15) is 4.79 Å². The molecule has 0 spiro atoms. The molecular formula is C9H10N2O. The lowest BCUT2D eigenvalue weighted by Crippen LogP contribution is -2.23. The number of nitrogens with one attached hydrogen (secondary N) is 2. The van der Waals surface area contributed by atoms with Gasteiger partial charge in [-0.25, -0.2) is 0 Å². The van der Waals surface area contributed by atoms with E-state index >= 15 is 0 Å². The molecule has 0 aliphatic rings. The van der Waals surface area contributed by atoms with Crippen LogP contribution in [0.5, 0.6) is 0 Å². The van der Waals surface area contributed by atoms with Crippen LogP contribution in [0, 0.1) is 11.8 Å². The zero-order chi connectivity index (χ0) is 8.81. The maximum absolute atomic E-state index is 11.2. The summed E-state index contributed by atoms with van der Waals surface area (Å²) in [5.41, 5.74) is 0.563. The molecule has 1 aromatic rings. The highest BCUT2D eigenvalue weighted by atomic mass is 16.1. The van der Waals surface area contributed by atoms with Gasteiger partial charge < -0.3 is 10.3 Å². The molecule has 3 nitrogen and oxygen atoms in total. The molecule has 0 atom stereocenters. The van der Waals surface area contributed by atoms with Gasteiger partial charge in [0.15, 0.2) is 0 Å². The number of hydrogen-bond acceptors (Lipinski definition) is 1. The highest BCUT2D eigenvalue weighted by molar-refractivity contribution is 5.92. The van der Waals surface area contributed by atoms with E-state index in [1.165, 1.54) is 0 Å². The molecule has 0 radical (unpaired) electrons. The lowest BCUT2D eigenvalue weighted by Gasteiger charge is -1.96. The summed E-state index contributed by atoms with van der Waals surface area (Å²) in [5.74, 6) is 5.32. The summed E-state index contributed by atoms with van der Waals surface area (Å²) in [5, 5.41) is 2.64. The standard InChI is InChI=1S/C9H10N2O/c1-2-3-6-11-9(12)8-5-4-7-10-8/h4-5,7,10H,6H2,1H3,(H,11,12). The summed E-state index contributed by atoms with van der Waals surface area (Å²) in [6.07, 6.45) is 1.71. The van der Waals surface area contributed by atoms with Gasteiger partial charge in [-0.1, -0.05) is 5.92 Å². The van der Waals surface area contributed by atoms with E-state index in [-0.39, 0.29) is 5.91 Å². The predicted octanol–water partition coefficient (Wildman–Crippen LogP) is 0.768. The molecule has 1 aromatic heterocycles. The van der Waals surface area contributed by atoms with Crippen LogP contribution in [-0.2, 0) is 0 Å². The first kappa shape index (κ1) is 8.41. The van der Waals surface area contributed by atoms with Gasteiger partial charge in [-0.2, -0.15) is 0 Å². The van der Waals surface area contributed by atoms with E-state index in [0.717, 1.165) is 0 Å². The third kappa shape index (κ3) is 2.17. The molecular weight excluding hydrogens is 152 g/mol. The number of aromatic nitrogens is 1. The van der Waals surface area contributed by atoms with Crippen molar-refractivity contribution in [2.75, 3.05) is 6.54 Å². The largest absolute Gasteiger partial charge is 0.357 e. The molecule has 0 aliphatic carbocycles. The van der Waals surface area contributed by atoms with E-state index in [1.54, 1.807) is 25.3 Å². The molecule has 62 valence electrons. The van der Waals surface area contributed by atoms with Gasteiger partial charge in [-0.05, 0) is 19.1 Å². The Morgan fingerprint density at radius 2 is 2.58 bits per heavy atom. The van der Waals surface area contributed by atoms with Crippen LogP contribution >= 0.6 is 0 Å². The Labute approximate surface area is 71.2 Å². The molecule has 0 aliphatic heterocycles. The van der Waals surface area contributed by atoms with E-state index < -0.39 is 0 Å². The van der Waals surface area contributed by atoms with Crippen molar-refractivity contribution in [1.82, 2.24) is 10.3 Å². The lowest BCUT2D eigenvalue weighted by molar-refractivity contribution is 0.0954. The molecule has 0 saturated carbocycles. The Morgan fingerprint density at radius 3 is 3.17 bits per heavy atom. The SMILES string of the molecule is CC#CCNC(=O)c1ccc[nH]1. The minimum atomic E-state index is -0.122. The van der Waals surface area contributed by atoms with Crippen LogP contribution in [0.2, 0.25) is 0 Å². The quantitative estimate of drug-likeness (QED) is 0.620. The zero-order valence-corrected chi connectivity index (χ0v) is 6.85. The molecule has 0 bridgehead atoms. The molecule has 1 heterocycles. The van der Waals surface area contributed by atoms with Crippen molar-refractivity contribution in [1.29, 1.82) is 0 Å². The number of carbonyl (C=O) groups excluding carboxylic acids is 1. The fourth-order valence-corrected chi connectivity index (χ4v) is 0.780. The summed E-state index contributed by atoms with van der Waals surface area (Å²) in [4.78, 5) is 14.0. The van der Waals surface area contributed by atoms with Crippen LogP contribution in [0.1, 0.15) is 17.4 Å². The fraction of sp³-hybridized carbons (Fsp3) is 0.222. The van der Waals surface area contributed by atoms with Crippen LogP contribution < -0.4 is 5.32 Å². The molecule has 2 N–H and O–H groups in total. The van der Waals surface area contributed by atoms with E-state index in [1.807, 2.05) is 0 Å². The Kier molecular flexibility index (Phi) is 2.97. The van der Waals surface area contributed by atoms with E-state index in [0.29, 0.717) is 12.2 Å². The van der Waals surface area contributed by atoms with Gasteiger partial charge in [-0.15, -0.1) is 5.92 Å². The number of hydrogen-bond donors (Lipinski definition) is 2. The van der Waals surface area contributed by atoms with Crippen molar-refractivity contribution in [3.05, 3.63) is 24.0 Å². The fourth-order valence-electron chi connectivity index (χ4n) is 0.780. The van der Waals surface area contributed by atoms with Crippen LogP contribution in [0.25, 0.3) is 0 Å². The minimum Gasteiger partial charge on any atom is -0.357 e. The van der Waals surface area contributed by atoms with Gasteiger partial charge in [0.2, 0.25) is 0 Å².